The molecule has 0 radical (unpaired) electrons. The van der Waals surface area contributed by atoms with Crippen LogP contribution < -0.4 is 10.2 Å². The molecule has 7 nitrogen and oxygen atoms in total. The number of hydrogen-bond donors (Lipinski definition) is 1. The molecule has 2 aromatic heterocycles. The highest BCUT2D eigenvalue weighted by Crippen LogP contribution is 2.18. The molecule has 2 aromatic rings. The average molecular weight is 383 g/mol. The van der Waals surface area contributed by atoms with Gasteiger partial charge >= 0.3 is 0 Å². The first-order valence-corrected chi connectivity index (χ1v) is 10.3. The molecule has 0 aromatic carbocycles. The molecule has 2 aliphatic heterocycles. The standard InChI is InChI=1S/C21H30N6O/c1-17-3-2-4-18(23-17)6-10-26-11-7-19(8-12-26)24-20-5-9-22-21(25-20)27-13-15-28-16-14-27/h2-5,9,19H,6-8,10-16H2,1H3,(H,22,24,25). The molecule has 4 rings (SSSR count). The molecule has 0 saturated carbocycles. The first kappa shape index (κ1) is 19.1. The molecule has 0 aliphatic carbocycles. The van der Waals surface area contributed by atoms with Crippen molar-refractivity contribution in [3.63, 3.8) is 0 Å². The third kappa shape index (κ3) is 5.17. The van der Waals surface area contributed by atoms with E-state index < -0.39 is 0 Å². The van der Waals surface area contributed by atoms with E-state index in [0.717, 1.165) is 82.7 Å². The molecular weight excluding hydrogens is 352 g/mol. The summed E-state index contributed by atoms with van der Waals surface area (Å²) in [6, 6.07) is 8.72. The van der Waals surface area contributed by atoms with Gasteiger partial charge in [0.25, 0.3) is 0 Å². The smallest absolute Gasteiger partial charge is 0.227 e. The number of rotatable bonds is 6. The third-order valence-corrected chi connectivity index (χ3v) is 5.51. The quantitative estimate of drug-likeness (QED) is 0.821. The van der Waals surface area contributed by atoms with Crippen molar-refractivity contribution in [2.75, 3.05) is 56.2 Å². The molecule has 0 bridgehead atoms. The minimum absolute atomic E-state index is 0.473. The van der Waals surface area contributed by atoms with Gasteiger partial charge in [0, 0.05) is 62.8 Å². The number of likely N-dealkylation sites (tertiary alicyclic amines) is 1. The molecule has 150 valence electrons. The number of hydrogen-bond acceptors (Lipinski definition) is 7. The monoisotopic (exact) mass is 382 g/mol. The van der Waals surface area contributed by atoms with Gasteiger partial charge in [-0.15, -0.1) is 0 Å². The second-order valence-corrected chi connectivity index (χ2v) is 7.62. The van der Waals surface area contributed by atoms with Gasteiger partial charge in [0.05, 0.1) is 13.2 Å². The van der Waals surface area contributed by atoms with Crippen molar-refractivity contribution < 1.29 is 4.74 Å². The molecule has 28 heavy (non-hydrogen) atoms. The normalized spacial score (nSPS) is 19.0. The first-order valence-electron chi connectivity index (χ1n) is 10.3. The van der Waals surface area contributed by atoms with Crippen LogP contribution in [0.3, 0.4) is 0 Å². The van der Waals surface area contributed by atoms with Crippen LogP contribution in [-0.4, -0.2) is 71.8 Å². The van der Waals surface area contributed by atoms with Crippen LogP contribution in [0.4, 0.5) is 11.8 Å². The lowest BCUT2D eigenvalue weighted by atomic mass is 10.0. The molecule has 0 atom stereocenters. The highest BCUT2D eigenvalue weighted by molar-refractivity contribution is 5.42. The number of aromatic nitrogens is 3. The first-order chi connectivity index (χ1) is 13.8. The van der Waals surface area contributed by atoms with E-state index in [2.05, 4.69) is 50.2 Å². The number of nitrogens with zero attached hydrogens (tertiary/aromatic N) is 5. The lowest BCUT2D eigenvalue weighted by Crippen LogP contribution is -2.40. The summed E-state index contributed by atoms with van der Waals surface area (Å²) in [4.78, 5) is 18.5. The highest BCUT2D eigenvalue weighted by atomic mass is 16.5. The van der Waals surface area contributed by atoms with Crippen LogP contribution >= 0.6 is 0 Å². The van der Waals surface area contributed by atoms with Gasteiger partial charge in [-0.05, 0) is 38.0 Å². The van der Waals surface area contributed by atoms with Gasteiger partial charge in [-0.25, -0.2) is 4.98 Å². The summed E-state index contributed by atoms with van der Waals surface area (Å²) in [6.45, 7) is 8.58. The number of aryl methyl sites for hydroxylation is 1. The predicted molar refractivity (Wildman–Crippen MR) is 111 cm³/mol. The van der Waals surface area contributed by atoms with Gasteiger partial charge in [-0.3, -0.25) is 4.98 Å². The van der Waals surface area contributed by atoms with Crippen LogP contribution in [0.15, 0.2) is 30.5 Å². The van der Waals surface area contributed by atoms with E-state index in [4.69, 9.17) is 9.72 Å². The Kier molecular flexibility index (Phi) is 6.34. The topological polar surface area (TPSA) is 66.4 Å². The number of nitrogens with one attached hydrogen (secondary N) is 1. The zero-order valence-electron chi connectivity index (χ0n) is 16.7. The maximum Gasteiger partial charge on any atom is 0.227 e. The Morgan fingerprint density at radius 1 is 1.07 bits per heavy atom. The van der Waals surface area contributed by atoms with E-state index in [0.29, 0.717) is 6.04 Å². The van der Waals surface area contributed by atoms with Crippen LogP contribution in [0.1, 0.15) is 24.2 Å². The minimum Gasteiger partial charge on any atom is -0.378 e. The van der Waals surface area contributed by atoms with Gasteiger partial charge in [0.1, 0.15) is 5.82 Å². The zero-order valence-corrected chi connectivity index (χ0v) is 16.7. The van der Waals surface area contributed by atoms with Crippen LogP contribution in [0.2, 0.25) is 0 Å². The van der Waals surface area contributed by atoms with Crippen molar-refractivity contribution in [1.29, 1.82) is 0 Å². The van der Waals surface area contributed by atoms with Gasteiger partial charge < -0.3 is 19.9 Å². The summed E-state index contributed by atoms with van der Waals surface area (Å²) in [6.07, 6.45) is 5.15. The van der Waals surface area contributed by atoms with Crippen molar-refractivity contribution in [3.05, 3.63) is 41.9 Å². The van der Waals surface area contributed by atoms with E-state index in [1.807, 2.05) is 12.3 Å². The molecule has 0 spiro atoms. The molecule has 2 fully saturated rings. The minimum atomic E-state index is 0.473. The molecule has 4 heterocycles. The molecular formula is C21H30N6O. The van der Waals surface area contributed by atoms with Crippen molar-refractivity contribution >= 4 is 11.8 Å². The van der Waals surface area contributed by atoms with Gasteiger partial charge in [-0.2, -0.15) is 4.98 Å². The van der Waals surface area contributed by atoms with Crippen LogP contribution in [0.25, 0.3) is 0 Å². The molecule has 0 unspecified atom stereocenters. The van der Waals surface area contributed by atoms with Crippen LogP contribution in [0.5, 0.6) is 0 Å². The van der Waals surface area contributed by atoms with Crippen molar-refractivity contribution in [2.45, 2.75) is 32.2 Å². The maximum absolute atomic E-state index is 5.42. The van der Waals surface area contributed by atoms with E-state index in [9.17, 15) is 0 Å². The van der Waals surface area contributed by atoms with Crippen molar-refractivity contribution in [1.82, 2.24) is 19.9 Å². The summed E-state index contributed by atoms with van der Waals surface area (Å²) < 4.78 is 5.42. The van der Waals surface area contributed by atoms with Gasteiger partial charge in [0.2, 0.25) is 5.95 Å². The summed E-state index contributed by atoms with van der Waals surface area (Å²) in [7, 11) is 0. The number of anilines is 2. The summed E-state index contributed by atoms with van der Waals surface area (Å²) in [5.41, 5.74) is 2.29. The van der Waals surface area contributed by atoms with E-state index in [-0.39, 0.29) is 0 Å². The van der Waals surface area contributed by atoms with Crippen LogP contribution in [-0.2, 0) is 11.2 Å². The maximum atomic E-state index is 5.42. The fourth-order valence-corrected chi connectivity index (χ4v) is 3.87. The van der Waals surface area contributed by atoms with Gasteiger partial charge in [0.15, 0.2) is 0 Å². The number of pyridine rings is 1. The van der Waals surface area contributed by atoms with Crippen molar-refractivity contribution in [2.24, 2.45) is 0 Å². The SMILES string of the molecule is Cc1cccc(CCN2CCC(Nc3ccnc(N4CCOCC4)n3)CC2)n1. The number of ether oxygens (including phenoxy) is 1. The molecule has 0 amide bonds. The second-order valence-electron chi connectivity index (χ2n) is 7.62. The Morgan fingerprint density at radius 3 is 2.68 bits per heavy atom. The summed E-state index contributed by atoms with van der Waals surface area (Å²) in [5.74, 6) is 1.73. The molecule has 1 N–H and O–H groups in total. The van der Waals surface area contributed by atoms with E-state index >= 15 is 0 Å². The van der Waals surface area contributed by atoms with E-state index in [1.165, 1.54) is 5.69 Å². The third-order valence-electron chi connectivity index (χ3n) is 5.51. The Hall–Kier alpha value is -2.25. The lowest BCUT2D eigenvalue weighted by molar-refractivity contribution is 0.122. The number of piperidine rings is 1. The average Bonchev–Trinajstić information content (AvgIpc) is 2.74. The Bertz CT molecular complexity index is 756. The Labute approximate surface area is 167 Å². The fourth-order valence-electron chi connectivity index (χ4n) is 3.87. The van der Waals surface area contributed by atoms with E-state index in [1.54, 1.807) is 0 Å². The Balaban J connectivity index is 1.24. The molecule has 7 heteroatoms. The fraction of sp³-hybridized carbons (Fsp3) is 0.571. The Morgan fingerprint density at radius 2 is 1.89 bits per heavy atom. The molecule has 2 aliphatic rings. The lowest BCUT2D eigenvalue weighted by Gasteiger charge is -2.32. The number of morpholine rings is 1. The second kappa shape index (κ2) is 9.30. The highest BCUT2D eigenvalue weighted by Gasteiger charge is 2.20. The van der Waals surface area contributed by atoms with Crippen LogP contribution in [0, 0.1) is 6.92 Å². The predicted octanol–water partition coefficient (Wildman–Crippen LogP) is 2.14. The zero-order chi connectivity index (χ0) is 19.2. The summed E-state index contributed by atoms with van der Waals surface area (Å²) in [5, 5.41) is 3.61. The summed E-state index contributed by atoms with van der Waals surface area (Å²) >= 11 is 0. The largest absolute Gasteiger partial charge is 0.378 e. The van der Waals surface area contributed by atoms with Gasteiger partial charge in [-0.1, -0.05) is 6.07 Å². The molecule has 2 saturated heterocycles. The van der Waals surface area contributed by atoms with Crippen molar-refractivity contribution in [3.8, 4) is 0 Å².